The summed E-state index contributed by atoms with van der Waals surface area (Å²) in [5.74, 6) is 0.465. The van der Waals surface area contributed by atoms with Gasteiger partial charge in [0.1, 0.15) is 18.4 Å². The van der Waals surface area contributed by atoms with Crippen LogP contribution in [0.3, 0.4) is 0 Å². The van der Waals surface area contributed by atoms with Gasteiger partial charge >= 0.3 is 0 Å². The zero-order valence-electron chi connectivity index (χ0n) is 13.4. The van der Waals surface area contributed by atoms with Gasteiger partial charge in [0.25, 0.3) is 0 Å². The Morgan fingerprint density at radius 3 is 2.83 bits per heavy atom. The summed E-state index contributed by atoms with van der Waals surface area (Å²) >= 11 is 0. The van der Waals surface area contributed by atoms with Crippen molar-refractivity contribution in [3.63, 3.8) is 0 Å². The Hall–Kier alpha value is -2.96. The largest absolute Gasteiger partial charge is 0.361 e. The SMILES string of the molecule is Cc1cc(CC(=O)NC(CCn2cncn2)c2ccccc2)on1. The molecule has 0 spiro atoms. The number of nitrogens with one attached hydrogen (secondary N) is 1. The van der Waals surface area contributed by atoms with E-state index in [0.717, 1.165) is 11.3 Å². The van der Waals surface area contributed by atoms with Crippen LogP contribution in [-0.2, 0) is 17.8 Å². The lowest BCUT2D eigenvalue weighted by molar-refractivity contribution is -0.121. The summed E-state index contributed by atoms with van der Waals surface area (Å²) in [7, 11) is 0. The molecule has 0 aliphatic heterocycles. The number of hydrogen-bond donors (Lipinski definition) is 1. The molecular weight excluding hydrogens is 306 g/mol. The second kappa shape index (κ2) is 7.54. The smallest absolute Gasteiger partial charge is 0.228 e. The van der Waals surface area contributed by atoms with Crippen LogP contribution in [0.5, 0.6) is 0 Å². The van der Waals surface area contributed by atoms with Crippen LogP contribution in [0.2, 0.25) is 0 Å². The van der Waals surface area contributed by atoms with Gasteiger partial charge in [0.15, 0.2) is 0 Å². The fourth-order valence-corrected chi connectivity index (χ4v) is 2.52. The number of aryl methyl sites for hydroxylation is 2. The number of benzene rings is 1. The summed E-state index contributed by atoms with van der Waals surface area (Å²) in [6.07, 6.45) is 4.06. The Morgan fingerprint density at radius 1 is 1.33 bits per heavy atom. The standard InChI is InChI=1S/C17H19N5O2/c1-13-9-15(24-21-13)10-17(23)20-16(14-5-3-2-4-6-14)7-8-22-12-18-11-19-22/h2-6,9,11-12,16H,7-8,10H2,1H3,(H,20,23). The van der Waals surface area contributed by atoms with Crippen molar-refractivity contribution in [1.29, 1.82) is 0 Å². The van der Waals surface area contributed by atoms with Crippen LogP contribution in [0.4, 0.5) is 0 Å². The predicted octanol–water partition coefficient (Wildman–Crippen LogP) is 2.06. The normalized spacial score (nSPS) is 12.0. The van der Waals surface area contributed by atoms with Crippen molar-refractivity contribution in [3.05, 3.63) is 66.1 Å². The minimum absolute atomic E-state index is 0.0985. The number of aromatic nitrogens is 4. The second-order valence-corrected chi connectivity index (χ2v) is 5.59. The fraction of sp³-hybridized carbons (Fsp3) is 0.294. The lowest BCUT2D eigenvalue weighted by atomic mass is 10.0. The van der Waals surface area contributed by atoms with Crippen LogP contribution in [0.15, 0.2) is 53.6 Å². The number of rotatable bonds is 7. The summed E-state index contributed by atoms with van der Waals surface area (Å²) in [5.41, 5.74) is 1.82. The molecule has 0 saturated heterocycles. The predicted molar refractivity (Wildman–Crippen MR) is 86.9 cm³/mol. The molecule has 0 bridgehead atoms. The average Bonchev–Trinajstić information content (AvgIpc) is 3.24. The summed E-state index contributed by atoms with van der Waals surface area (Å²) in [6, 6.07) is 11.6. The maximum Gasteiger partial charge on any atom is 0.228 e. The Morgan fingerprint density at radius 2 is 2.17 bits per heavy atom. The van der Waals surface area contributed by atoms with E-state index < -0.39 is 0 Å². The molecule has 2 aromatic heterocycles. The molecule has 0 fully saturated rings. The van der Waals surface area contributed by atoms with Crippen LogP contribution in [-0.4, -0.2) is 25.8 Å². The van der Waals surface area contributed by atoms with Crippen LogP contribution in [0, 0.1) is 6.92 Å². The molecule has 0 aliphatic carbocycles. The van der Waals surface area contributed by atoms with E-state index in [4.69, 9.17) is 4.52 Å². The van der Waals surface area contributed by atoms with Crippen molar-refractivity contribution < 1.29 is 9.32 Å². The topological polar surface area (TPSA) is 85.8 Å². The number of carbonyl (C=O) groups is 1. The maximum absolute atomic E-state index is 12.3. The first-order valence-corrected chi connectivity index (χ1v) is 7.79. The zero-order chi connectivity index (χ0) is 16.8. The molecular formula is C17H19N5O2. The number of carbonyl (C=O) groups excluding carboxylic acids is 1. The third-order valence-corrected chi connectivity index (χ3v) is 3.66. The van der Waals surface area contributed by atoms with E-state index >= 15 is 0 Å². The second-order valence-electron chi connectivity index (χ2n) is 5.59. The van der Waals surface area contributed by atoms with Crippen molar-refractivity contribution in [2.24, 2.45) is 0 Å². The highest BCUT2D eigenvalue weighted by atomic mass is 16.5. The van der Waals surface area contributed by atoms with Gasteiger partial charge in [-0.1, -0.05) is 35.5 Å². The van der Waals surface area contributed by atoms with Gasteiger partial charge in [0.2, 0.25) is 5.91 Å². The molecule has 2 heterocycles. The number of nitrogens with zero attached hydrogens (tertiary/aromatic N) is 4. The third-order valence-electron chi connectivity index (χ3n) is 3.66. The van der Waals surface area contributed by atoms with Crippen molar-refractivity contribution in [2.45, 2.75) is 32.4 Å². The summed E-state index contributed by atoms with van der Waals surface area (Å²) in [4.78, 5) is 16.3. The first-order valence-electron chi connectivity index (χ1n) is 7.79. The summed E-state index contributed by atoms with van der Waals surface area (Å²) in [6.45, 7) is 2.50. The van der Waals surface area contributed by atoms with E-state index in [-0.39, 0.29) is 18.4 Å². The highest BCUT2D eigenvalue weighted by Crippen LogP contribution is 2.17. The zero-order valence-corrected chi connectivity index (χ0v) is 13.4. The molecule has 1 aromatic carbocycles. The van der Waals surface area contributed by atoms with Gasteiger partial charge in [-0.2, -0.15) is 5.10 Å². The van der Waals surface area contributed by atoms with Crippen molar-refractivity contribution >= 4 is 5.91 Å². The van der Waals surface area contributed by atoms with Crippen LogP contribution < -0.4 is 5.32 Å². The summed E-state index contributed by atoms with van der Waals surface area (Å²) in [5, 5.41) is 11.0. The average molecular weight is 325 g/mol. The lowest BCUT2D eigenvalue weighted by Gasteiger charge is -2.19. The summed E-state index contributed by atoms with van der Waals surface area (Å²) < 4.78 is 6.86. The highest BCUT2D eigenvalue weighted by Gasteiger charge is 2.16. The van der Waals surface area contributed by atoms with Gasteiger partial charge in [0, 0.05) is 12.6 Å². The minimum Gasteiger partial charge on any atom is -0.361 e. The van der Waals surface area contributed by atoms with E-state index in [2.05, 4.69) is 20.6 Å². The molecule has 0 radical (unpaired) electrons. The molecule has 1 atom stereocenters. The molecule has 7 nitrogen and oxygen atoms in total. The maximum atomic E-state index is 12.3. The van der Waals surface area contributed by atoms with Crippen molar-refractivity contribution in [2.75, 3.05) is 0 Å². The molecule has 124 valence electrons. The molecule has 3 aromatic rings. The van der Waals surface area contributed by atoms with E-state index in [1.807, 2.05) is 37.3 Å². The Bertz CT molecular complexity index is 767. The van der Waals surface area contributed by atoms with Crippen LogP contribution in [0.25, 0.3) is 0 Å². The van der Waals surface area contributed by atoms with E-state index in [9.17, 15) is 4.79 Å². The minimum atomic E-state index is -0.105. The molecule has 1 N–H and O–H groups in total. The Kier molecular flexibility index (Phi) is 5.00. The first kappa shape index (κ1) is 15.9. The molecule has 0 saturated carbocycles. The number of hydrogen-bond acceptors (Lipinski definition) is 5. The van der Waals surface area contributed by atoms with E-state index in [1.165, 1.54) is 6.33 Å². The van der Waals surface area contributed by atoms with Crippen LogP contribution >= 0.6 is 0 Å². The van der Waals surface area contributed by atoms with Gasteiger partial charge in [-0.3, -0.25) is 9.48 Å². The van der Waals surface area contributed by atoms with Crippen LogP contribution in [0.1, 0.15) is 29.5 Å². The molecule has 24 heavy (non-hydrogen) atoms. The number of amides is 1. The fourth-order valence-electron chi connectivity index (χ4n) is 2.52. The highest BCUT2D eigenvalue weighted by molar-refractivity contribution is 5.78. The third kappa shape index (κ3) is 4.28. The van der Waals surface area contributed by atoms with Gasteiger partial charge in [0.05, 0.1) is 18.2 Å². The molecule has 1 amide bonds. The Labute approximate surface area is 139 Å². The van der Waals surface area contributed by atoms with Crippen molar-refractivity contribution in [1.82, 2.24) is 25.2 Å². The van der Waals surface area contributed by atoms with Gasteiger partial charge < -0.3 is 9.84 Å². The van der Waals surface area contributed by atoms with E-state index in [1.54, 1.807) is 17.1 Å². The van der Waals surface area contributed by atoms with Crippen molar-refractivity contribution in [3.8, 4) is 0 Å². The monoisotopic (exact) mass is 325 g/mol. The quantitative estimate of drug-likeness (QED) is 0.718. The Balaban J connectivity index is 1.65. The van der Waals surface area contributed by atoms with Gasteiger partial charge in [-0.15, -0.1) is 0 Å². The molecule has 7 heteroatoms. The van der Waals surface area contributed by atoms with Gasteiger partial charge in [-0.25, -0.2) is 4.98 Å². The molecule has 0 aliphatic rings. The van der Waals surface area contributed by atoms with Gasteiger partial charge in [-0.05, 0) is 18.9 Å². The first-order chi connectivity index (χ1) is 11.7. The molecule has 1 unspecified atom stereocenters. The lowest BCUT2D eigenvalue weighted by Crippen LogP contribution is -2.30. The molecule has 3 rings (SSSR count). The van der Waals surface area contributed by atoms with E-state index in [0.29, 0.717) is 18.7 Å².